The van der Waals surface area contributed by atoms with E-state index in [1.165, 1.54) is 5.01 Å². The lowest BCUT2D eigenvalue weighted by Crippen LogP contribution is -2.31. The minimum atomic E-state index is 0.553. The average molecular weight is 247 g/mol. The fourth-order valence-corrected chi connectivity index (χ4v) is 2.35. The Balaban J connectivity index is 2.50. The van der Waals surface area contributed by atoms with Gasteiger partial charge in [0.05, 0.1) is 6.54 Å². The van der Waals surface area contributed by atoms with Crippen LogP contribution in [0.2, 0.25) is 0 Å². The molecule has 0 aliphatic heterocycles. The van der Waals surface area contributed by atoms with Gasteiger partial charge in [-0.15, -0.1) is 22.9 Å². The molecule has 0 aromatic carbocycles. The number of halogens is 1. The number of alkyl halides is 1. The third-order valence-corrected chi connectivity index (χ3v) is 3.53. The Kier molecular flexibility index (Phi) is 5.58. The number of aryl methyl sites for hydroxylation is 1. The van der Waals surface area contributed by atoms with E-state index in [9.17, 15) is 0 Å². The molecule has 0 atom stereocenters. The first-order chi connectivity index (χ1) is 7.13. The van der Waals surface area contributed by atoms with Gasteiger partial charge in [-0.25, -0.2) is 4.98 Å². The van der Waals surface area contributed by atoms with Crippen molar-refractivity contribution >= 4 is 22.9 Å². The zero-order valence-electron chi connectivity index (χ0n) is 9.66. The van der Waals surface area contributed by atoms with Crippen molar-refractivity contribution in [1.82, 2.24) is 9.88 Å². The van der Waals surface area contributed by atoms with Gasteiger partial charge in [0.25, 0.3) is 0 Å². The normalized spacial score (nSPS) is 11.6. The zero-order valence-corrected chi connectivity index (χ0v) is 11.2. The van der Waals surface area contributed by atoms with Gasteiger partial charge >= 0.3 is 0 Å². The maximum absolute atomic E-state index is 5.72. The molecule has 0 amide bonds. The Morgan fingerprint density at radius 2 is 2.27 bits per heavy atom. The number of nitrogens with zero attached hydrogens (tertiary/aromatic N) is 2. The van der Waals surface area contributed by atoms with Crippen LogP contribution in [0.3, 0.4) is 0 Å². The van der Waals surface area contributed by atoms with Crippen LogP contribution < -0.4 is 0 Å². The van der Waals surface area contributed by atoms with Crippen molar-refractivity contribution in [3.05, 3.63) is 16.1 Å². The Morgan fingerprint density at radius 3 is 2.73 bits per heavy atom. The van der Waals surface area contributed by atoms with Crippen LogP contribution in [0.4, 0.5) is 0 Å². The predicted octanol–water partition coefficient (Wildman–Crippen LogP) is 3.29. The van der Waals surface area contributed by atoms with Crippen molar-refractivity contribution in [2.45, 2.75) is 39.8 Å². The molecule has 15 heavy (non-hydrogen) atoms. The Hall–Kier alpha value is -0.120. The zero-order chi connectivity index (χ0) is 11.3. The first-order valence-corrected chi connectivity index (χ1v) is 6.76. The van der Waals surface area contributed by atoms with Crippen molar-refractivity contribution in [2.75, 3.05) is 12.4 Å². The second kappa shape index (κ2) is 6.46. The van der Waals surface area contributed by atoms with Crippen LogP contribution in [-0.2, 0) is 6.54 Å². The highest BCUT2D eigenvalue weighted by atomic mass is 35.5. The summed E-state index contributed by atoms with van der Waals surface area (Å²) in [4.78, 5) is 6.90. The maximum Gasteiger partial charge on any atom is 0.107 e. The SMILES string of the molecule is Cc1csc(CN(CCCCl)C(C)C)n1. The van der Waals surface area contributed by atoms with Crippen LogP contribution in [0, 0.1) is 6.92 Å². The van der Waals surface area contributed by atoms with E-state index in [4.69, 9.17) is 11.6 Å². The molecule has 0 aliphatic rings. The summed E-state index contributed by atoms with van der Waals surface area (Å²) in [6, 6.07) is 0.553. The van der Waals surface area contributed by atoms with E-state index in [-0.39, 0.29) is 0 Å². The minimum Gasteiger partial charge on any atom is -0.294 e. The Bertz CT molecular complexity index is 286. The van der Waals surface area contributed by atoms with Gasteiger partial charge in [0, 0.05) is 23.0 Å². The smallest absolute Gasteiger partial charge is 0.107 e. The maximum atomic E-state index is 5.72. The van der Waals surface area contributed by atoms with Crippen molar-refractivity contribution in [3.63, 3.8) is 0 Å². The van der Waals surface area contributed by atoms with Crippen molar-refractivity contribution < 1.29 is 0 Å². The Labute approximate surface area is 101 Å². The molecule has 4 heteroatoms. The third-order valence-electron chi connectivity index (χ3n) is 2.31. The summed E-state index contributed by atoms with van der Waals surface area (Å²) in [6.45, 7) is 8.48. The first kappa shape index (κ1) is 12.9. The highest BCUT2D eigenvalue weighted by molar-refractivity contribution is 7.09. The van der Waals surface area contributed by atoms with Crippen molar-refractivity contribution in [3.8, 4) is 0 Å². The lowest BCUT2D eigenvalue weighted by Gasteiger charge is -2.24. The van der Waals surface area contributed by atoms with Crippen LogP contribution >= 0.6 is 22.9 Å². The molecule has 1 aromatic rings. The molecule has 0 radical (unpaired) electrons. The molecule has 86 valence electrons. The molecule has 0 spiro atoms. The molecule has 0 saturated heterocycles. The van der Waals surface area contributed by atoms with E-state index in [2.05, 4.69) is 29.1 Å². The van der Waals surface area contributed by atoms with Gasteiger partial charge in [-0.05, 0) is 33.7 Å². The molecule has 0 fully saturated rings. The monoisotopic (exact) mass is 246 g/mol. The summed E-state index contributed by atoms with van der Waals surface area (Å²) in [5.74, 6) is 0.736. The molecule has 1 rings (SSSR count). The van der Waals surface area contributed by atoms with Gasteiger partial charge in [-0.1, -0.05) is 0 Å². The molecule has 0 saturated carbocycles. The number of aromatic nitrogens is 1. The van der Waals surface area contributed by atoms with E-state index >= 15 is 0 Å². The Morgan fingerprint density at radius 1 is 1.53 bits per heavy atom. The summed E-state index contributed by atoms with van der Waals surface area (Å²) in [5.41, 5.74) is 1.12. The van der Waals surface area contributed by atoms with Gasteiger partial charge < -0.3 is 0 Å². The van der Waals surface area contributed by atoms with Crippen molar-refractivity contribution in [1.29, 1.82) is 0 Å². The molecular formula is C11H19ClN2S. The summed E-state index contributed by atoms with van der Waals surface area (Å²) in [7, 11) is 0. The van der Waals surface area contributed by atoms with E-state index in [1.807, 2.05) is 6.92 Å². The molecule has 0 aliphatic carbocycles. The standard InChI is InChI=1S/C11H19ClN2S/c1-9(2)14(6-4-5-12)7-11-13-10(3)8-15-11/h8-9H,4-7H2,1-3H3. The van der Waals surface area contributed by atoms with Gasteiger partial charge in [0.2, 0.25) is 0 Å². The highest BCUT2D eigenvalue weighted by Gasteiger charge is 2.11. The predicted molar refractivity (Wildman–Crippen MR) is 67.7 cm³/mol. The molecule has 1 heterocycles. The highest BCUT2D eigenvalue weighted by Crippen LogP contribution is 2.13. The lowest BCUT2D eigenvalue weighted by molar-refractivity contribution is 0.213. The van der Waals surface area contributed by atoms with Gasteiger partial charge in [-0.2, -0.15) is 0 Å². The van der Waals surface area contributed by atoms with E-state index in [0.717, 1.165) is 31.1 Å². The van der Waals surface area contributed by atoms with Crippen LogP contribution in [0.25, 0.3) is 0 Å². The second-order valence-corrected chi connectivity index (χ2v) is 5.31. The number of rotatable bonds is 6. The van der Waals surface area contributed by atoms with Crippen LogP contribution in [-0.4, -0.2) is 28.4 Å². The summed E-state index contributed by atoms with van der Waals surface area (Å²) < 4.78 is 0. The fraction of sp³-hybridized carbons (Fsp3) is 0.727. The number of hydrogen-bond donors (Lipinski definition) is 0. The molecule has 2 nitrogen and oxygen atoms in total. The number of thiazole rings is 1. The van der Waals surface area contributed by atoms with E-state index < -0.39 is 0 Å². The van der Waals surface area contributed by atoms with Crippen LogP contribution in [0.15, 0.2) is 5.38 Å². The molecular weight excluding hydrogens is 228 g/mol. The van der Waals surface area contributed by atoms with Crippen molar-refractivity contribution in [2.24, 2.45) is 0 Å². The lowest BCUT2D eigenvalue weighted by atomic mass is 10.3. The summed E-state index contributed by atoms with van der Waals surface area (Å²) in [5, 5.41) is 3.31. The van der Waals surface area contributed by atoms with E-state index in [0.29, 0.717) is 6.04 Å². The largest absolute Gasteiger partial charge is 0.294 e. The van der Waals surface area contributed by atoms with E-state index in [1.54, 1.807) is 11.3 Å². The molecule has 0 bridgehead atoms. The summed E-state index contributed by atoms with van der Waals surface area (Å²) in [6.07, 6.45) is 1.05. The minimum absolute atomic E-state index is 0.553. The van der Waals surface area contributed by atoms with Crippen LogP contribution in [0.1, 0.15) is 31.0 Å². The molecule has 0 N–H and O–H groups in total. The average Bonchev–Trinajstić information content (AvgIpc) is 2.58. The quantitative estimate of drug-likeness (QED) is 0.716. The topological polar surface area (TPSA) is 16.1 Å². The fourth-order valence-electron chi connectivity index (χ4n) is 1.43. The second-order valence-electron chi connectivity index (χ2n) is 3.99. The van der Waals surface area contributed by atoms with Crippen LogP contribution in [0.5, 0.6) is 0 Å². The number of hydrogen-bond acceptors (Lipinski definition) is 3. The molecule has 0 unspecified atom stereocenters. The van der Waals surface area contributed by atoms with Gasteiger partial charge in [-0.3, -0.25) is 4.90 Å². The molecule has 1 aromatic heterocycles. The van der Waals surface area contributed by atoms with Gasteiger partial charge in [0.1, 0.15) is 5.01 Å². The van der Waals surface area contributed by atoms with Gasteiger partial charge in [0.15, 0.2) is 0 Å². The third kappa shape index (κ3) is 4.49. The first-order valence-electron chi connectivity index (χ1n) is 5.34. The summed E-state index contributed by atoms with van der Waals surface area (Å²) >= 11 is 7.46.